The Morgan fingerprint density at radius 3 is 2.48 bits per heavy atom. The van der Waals surface area contributed by atoms with Crippen LogP contribution in [-0.2, 0) is 12.8 Å². The van der Waals surface area contributed by atoms with Crippen molar-refractivity contribution in [3.8, 4) is 0 Å². The Hall–Kier alpha value is -1.16. The zero-order chi connectivity index (χ0) is 15.3. The summed E-state index contributed by atoms with van der Waals surface area (Å²) in [6, 6.07) is 15.4. The van der Waals surface area contributed by atoms with Crippen molar-refractivity contribution < 1.29 is 0 Å². The van der Waals surface area contributed by atoms with Crippen LogP contribution in [0, 0.1) is 0 Å². The van der Waals surface area contributed by atoms with Crippen LogP contribution in [0.4, 0.5) is 0 Å². The minimum absolute atomic E-state index is 0.0158. The Kier molecular flexibility index (Phi) is 5.57. The highest BCUT2D eigenvalue weighted by atomic mass is 32.1. The number of nitrogens with zero attached hydrogens (tertiary/aromatic N) is 1. The quantitative estimate of drug-likeness (QED) is 0.847. The lowest BCUT2D eigenvalue weighted by atomic mass is 9.89. The summed E-state index contributed by atoms with van der Waals surface area (Å²) in [5, 5.41) is 2.15. The fraction of sp³-hybridized carbons (Fsp3) is 0.444. The van der Waals surface area contributed by atoms with E-state index in [1.54, 1.807) is 0 Å². The van der Waals surface area contributed by atoms with Gasteiger partial charge in [0.2, 0.25) is 0 Å². The van der Waals surface area contributed by atoms with E-state index < -0.39 is 0 Å². The van der Waals surface area contributed by atoms with Crippen LogP contribution in [0.15, 0.2) is 47.8 Å². The molecule has 21 heavy (non-hydrogen) atoms. The van der Waals surface area contributed by atoms with Gasteiger partial charge in [-0.3, -0.25) is 4.90 Å². The number of hydrogen-bond donors (Lipinski definition) is 1. The molecule has 2 nitrogen and oxygen atoms in total. The summed E-state index contributed by atoms with van der Waals surface area (Å²) >= 11 is 1.83. The first kappa shape index (κ1) is 16.2. The molecule has 1 aromatic heterocycles. The standard InChI is InChI=1S/C18H26N2S/c1-15(12-17-10-7-11-21-17)20(3)18(2,14-19)13-16-8-5-4-6-9-16/h4-11,15H,12-14,19H2,1-3H3. The number of benzene rings is 1. The molecule has 2 rings (SSSR count). The SMILES string of the molecule is CC(Cc1cccs1)N(C)C(C)(CN)Cc1ccccc1. The third kappa shape index (κ3) is 4.16. The Morgan fingerprint density at radius 1 is 1.19 bits per heavy atom. The van der Waals surface area contributed by atoms with Gasteiger partial charge in [0.05, 0.1) is 0 Å². The smallest absolute Gasteiger partial charge is 0.0343 e. The highest BCUT2D eigenvalue weighted by Crippen LogP contribution is 2.23. The second kappa shape index (κ2) is 7.21. The largest absolute Gasteiger partial charge is 0.329 e. The molecule has 0 spiro atoms. The van der Waals surface area contributed by atoms with Crippen LogP contribution in [-0.4, -0.2) is 30.1 Å². The molecule has 2 unspecified atom stereocenters. The van der Waals surface area contributed by atoms with Gasteiger partial charge in [0.25, 0.3) is 0 Å². The van der Waals surface area contributed by atoms with Gasteiger partial charge in [-0.2, -0.15) is 0 Å². The molecule has 0 radical (unpaired) electrons. The van der Waals surface area contributed by atoms with E-state index in [9.17, 15) is 0 Å². The van der Waals surface area contributed by atoms with Crippen molar-refractivity contribution in [1.29, 1.82) is 0 Å². The number of rotatable bonds is 7. The number of hydrogen-bond acceptors (Lipinski definition) is 3. The van der Waals surface area contributed by atoms with Gasteiger partial charge < -0.3 is 5.73 Å². The molecule has 0 saturated carbocycles. The van der Waals surface area contributed by atoms with Gasteiger partial charge in [-0.1, -0.05) is 36.4 Å². The minimum atomic E-state index is -0.0158. The van der Waals surface area contributed by atoms with E-state index >= 15 is 0 Å². The highest BCUT2D eigenvalue weighted by molar-refractivity contribution is 7.09. The van der Waals surface area contributed by atoms with Crippen LogP contribution < -0.4 is 5.73 Å². The van der Waals surface area contributed by atoms with Crippen molar-refractivity contribution in [1.82, 2.24) is 4.90 Å². The average molecular weight is 302 g/mol. The lowest BCUT2D eigenvalue weighted by Gasteiger charge is -2.42. The number of nitrogens with two attached hydrogens (primary N) is 1. The van der Waals surface area contributed by atoms with Crippen LogP contribution in [0.5, 0.6) is 0 Å². The average Bonchev–Trinajstić information content (AvgIpc) is 3.00. The zero-order valence-electron chi connectivity index (χ0n) is 13.3. The third-order valence-electron chi connectivity index (χ3n) is 4.46. The van der Waals surface area contributed by atoms with E-state index in [1.807, 2.05) is 11.3 Å². The van der Waals surface area contributed by atoms with Gasteiger partial charge in [0, 0.05) is 23.0 Å². The lowest BCUT2D eigenvalue weighted by Crippen LogP contribution is -2.55. The summed E-state index contributed by atoms with van der Waals surface area (Å²) in [5.41, 5.74) is 7.46. The second-order valence-electron chi connectivity index (χ2n) is 6.11. The molecule has 114 valence electrons. The molecule has 0 saturated heterocycles. The maximum Gasteiger partial charge on any atom is 0.0343 e. The van der Waals surface area contributed by atoms with Crippen LogP contribution in [0.3, 0.4) is 0 Å². The van der Waals surface area contributed by atoms with E-state index in [2.05, 4.69) is 73.6 Å². The van der Waals surface area contributed by atoms with Gasteiger partial charge in [0.15, 0.2) is 0 Å². The van der Waals surface area contributed by atoms with E-state index in [0.29, 0.717) is 12.6 Å². The summed E-state index contributed by atoms with van der Waals surface area (Å²) in [4.78, 5) is 3.88. The van der Waals surface area contributed by atoms with E-state index in [1.165, 1.54) is 10.4 Å². The summed E-state index contributed by atoms with van der Waals surface area (Å²) < 4.78 is 0. The first-order chi connectivity index (χ1) is 10.0. The number of likely N-dealkylation sites (N-methyl/N-ethyl adjacent to an activating group) is 1. The molecule has 3 heteroatoms. The number of thiophene rings is 1. The molecular weight excluding hydrogens is 276 g/mol. The molecule has 0 fully saturated rings. The van der Waals surface area contributed by atoms with Crippen molar-refractivity contribution in [2.45, 2.75) is 38.3 Å². The molecule has 0 aliphatic rings. The molecule has 2 aromatic rings. The molecule has 0 bridgehead atoms. The van der Waals surface area contributed by atoms with Crippen molar-refractivity contribution in [2.75, 3.05) is 13.6 Å². The fourth-order valence-electron chi connectivity index (χ4n) is 2.77. The van der Waals surface area contributed by atoms with Gasteiger partial charge in [0.1, 0.15) is 0 Å². The predicted octanol–water partition coefficient (Wildman–Crippen LogP) is 3.57. The predicted molar refractivity (Wildman–Crippen MR) is 92.9 cm³/mol. The van der Waals surface area contributed by atoms with Crippen molar-refractivity contribution in [2.24, 2.45) is 5.73 Å². The van der Waals surface area contributed by atoms with Crippen LogP contribution in [0.25, 0.3) is 0 Å². The van der Waals surface area contributed by atoms with Gasteiger partial charge >= 0.3 is 0 Å². The van der Waals surface area contributed by atoms with Crippen molar-refractivity contribution >= 4 is 11.3 Å². The summed E-state index contributed by atoms with van der Waals surface area (Å²) in [6.45, 7) is 5.22. The topological polar surface area (TPSA) is 29.3 Å². The van der Waals surface area contributed by atoms with Crippen LogP contribution in [0.1, 0.15) is 24.3 Å². The van der Waals surface area contributed by atoms with Crippen LogP contribution >= 0.6 is 11.3 Å². The van der Waals surface area contributed by atoms with E-state index in [-0.39, 0.29) is 5.54 Å². The Balaban J connectivity index is 2.07. The molecule has 1 aromatic carbocycles. The maximum atomic E-state index is 6.13. The maximum absolute atomic E-state index is 6.13. The first-order valence-electron chi connectivity index (χ1n) is 7.54. The molecule has 0 amide bonds. The lowest BCUT2D eigenvalue weighted by molar-refractivity contribution is 0.100. The molecule has 2 N–H and O–H groups in total. The Bertz CT molecular complexity index is 523. The first-order valence-corrected chi connectivity index (χ1v) is 8.42. The second-order valence-corrected chi connectivity index (χ2v) is 7.14. The van der Waals surface area contributed by atoms with Crippen molar-refractivity contribution in [3.63, 3.8) is 0 Å². The summed E-state index contributed by atoms with van der Waals surface area (Å²) in [7, 11) is 2.20. The third-order valence-corrected chi connectivity index (χ3v) is 5.36. The van der Waals surface area contributed by atoms with Crippen molar-refractivity contribution in [3.05, 3.63) is 58.3 Å². The van der Waals surface area contributed by atoms with E-state index in [4.69, 9.17) is 5.73 Å². The zero-order valence-corrected chi connectivity index (χ0v) is 14.1. The van der Waals surface area contributed by atoms with Gasteiger partial charge in [-0.15, -0.1) is 11.3 Å². The summed E-state index contributed by atoms with van der Waals surface area (Å²) in [6.07, 6.45) is 2.06. The Morgan fingerprint density at radius 2 is 1.90 bits per heavy atom. The Labute approximate surface area is 132 Å². The van der Waals surface area contributed by atoms with E-state index in [0.717, 1.165) is 12.8 Å². The normalized spacial score (nSPS) is 15.9. The monoisotopic (exact) mass is 302 g/mol. The molecule has 0 aliphatic carbocycles. The van der Waals surface area contributed by atoms with Crippen LogP contribution in [0.2, 0.25) is 0 Å². The molecule has 2 atom stereocenters. The van der Waals surface area contributed by atoms with Gasteiger partial charge in [-0.05, 0) is 50.7 Å². The molecular formula is C18H26N2S. The molecule has 1 heterocycles. The fourth-order valence-corrected chi connectivity index (χ4v) is 3.59. The minimum Gasteiger partial charge on any atom is -0.329 e. The van der Waals surface area contributed by atoms with Gasteiger partial charge in [-0.25, -0.2) is 0 Å². The summed E-state index contributed by atoms with van der Waals surface area (Å²) in [5.74, 6) is 0. The highest BCUT2D eigenvalue weighted by Gasteiger charge is 2.31. The molecule has 0 aliphatic heterocycles.